The minimum absolute atomic E-state index is 0.215. The first-order chi connectivity index (χ1) is 15.8. The normalized spacial score (nSPS) is 27.7. The predicted octanol–water partition coefficient (Wildman–Crippen LogP) is 2.34. The van der Waals surface area contributed by atoms with Crippen molar-refractivity contribution in [3.8, 4) is 11.5 Å². The van der Waals surface area contributed by atoms with Crippen LogP contribution >= 0.6 is 11.6 Å². The second-order valence-corrected chi connectivity index (χ2v) is 9.09. The number of likely N-dealkylation sites (tertiary alicyclic amines) is 1. The predicted molar refractivity (Wildman–Crippen MR) is 121 cm³/mol. The average molecular weight is 470 g/mol. The van der Waals surface area contributed by atoms with Gasteiger partial charge >= 0.3 is 0 Å². The highest BCUT2D eigenvalue weighted by molar-refractivity contribution is 6.31. The van der Waals surface area contributed by atoms with E-state index in [9.17, 15) is 14.4 Å². The van der Waals surface area contributed by atoms with Crippen LogP contribution in [0, 0.1) is 11.8 Å². The van der Waals surface area contributed by atoms with Crippen molar-refractivity contribution in [1.82, 2.24) is 10.2 Å². The lowest BCUT2D eigenvalue weighted by atomic mass is 9.76. The van der Waals surface area contributed by atoms with Gasteiger partial charge < -0.3 is 14.8 Å². The van der Waals surface area contributed by atoms with Crippen LogP contribution in [0.25, 0.3) is 0 Å². The number of hydrogen-bond donors (Lipinski definition) is 2. The number of rotatable bonds is 5. The minimum Gasteiger partial charge on any atom is -0.493 e. The summed E-state index contributed by atoms with van der Waals surface area (Å²) in [5.74, 6) is -1.20. The van der Waals surface area contributed by atoms with Crippen molar-refractivity contribution in [3.05, 3.63) is 52.5 Å². The van der Waals surface area contributed by atoms with Gasteiger partial charge in [0.1, 0.15) is 5.54 Å². The number of methoxy groups -OCH3 is 2. The second-order valence-electron chi connectivity index (χ2n) is 8.66. The Kier molecular flexibility index (Phi) is 5.10. The molecule has 3 heterocycles. The van der Waals surface area contributed by atoms with E-state index in [1.807, 2.05) is 19.1 Å². The van der Waals surface area contributed by atoms with E-state index in [-0.39, 0.29) is 30.3 Å². The molecule has 2 saturated heterocycles. The molecule has 4 atom stereocenters. The number of hydrogen-bond acceptors (Lipinski definition) is 6. The molecular weight excluding hydrogens is 446 g/mol. The number of imide groups is 1. The molecule has 8 nitrogen and oxygen atoms in total. The zero-order chi connectivity index (χ0) is 23.5. The van der Waals surface area contributed by atoms with Crippen LogP contribution in [-0.4, -0.2) is 49.4 Å². The lowest BCUT2D eigenvalue weighted by Gasteiger charge is -2.29. The molecule has 3 aliphatic rings. The first-order valence-corrected chi connectivity index (χ1v) is 11.1. The zero-order valence-corrected chi connectivity index (χ0v) is 19.2. The summed E-state index contributed by atoms with van der Waals surface area (Å²) in [6.07, 6.45) is 0.459. The highest BCUT2D eigenvalue weighted by Crippen LogP contribution is 2.53. The van der Waals surface area contributed by atoms with Crippen molar-refractivity contribution in [2.24, 2.45) is 11.8 Å². The number of carbonyl (C=O) groups is 3. The zero-order valence-electron chi connectivity index (χ0n) is 18.5. The summed E-state index contributed by atoms with van der Waals surface area (Å²) in [5.41, 5.74) is 0.813. The molecule has 2 aromatic carbocycles. The van der Waals surface area contributed by atoms with Gasteiger partial charge in [-0.1, -0.05) is 17.7 Å². The molecule has 0 saturated carbocycles. The quantitative estimate of drug-likeness (QED) is 0.652. The molecule has 3 aliphatic heterocycles. The Hall–Kier alpha value is -3.10. The summed E-state index contributed by atoms with van der Waals surface area (Å²) in [6.45, 7) is 2.05. The number of amides is 3. The van der Waals surface area contributed by atoms with Crippen LogP contribution in [0.3, 0.4) is 0 Å². The van der Waals surface area contributed by atoms with E-state index < -0.39 is 17.4 Å². The smallest absolute Gasteiger partial charge is 0.250 e. The maximum absolute atomic E-state index is 13.6. The lowest BCUT2D eigenvalue weighted by Crippen LogP contribution is -2.53. The third-order valence-corrected chi connectivity index (χ3v) is 7.22. The molecule has 0 aromatic heterocycles. The van der Waals surface area contributed by atoms with E-state index >= 15 is 0 Å². The molecule has 172 valence electrons. The summed E-state index contributed by atoms with van der Waals surface area (Å²) >= 11 is 6.22. The van der Waals surface area contributed by atoms with Gasteiger partial charge in [0.15, 0.2) is 11.5 Å². The van der Waals surface area contributed by atoms with E-state index in [2.05, 4.69) is 10.6 Å². The Morgan fingerprint density at radius 1 is 1.03 bits per heavy atom. The van der Waals surface area contributed by atoms with E-state index in [1.165, 1.54) is 4.90 Å². The topological polar surface area (TPSA) is 97.0 Å². The number of fused-ring (bicyclic) bond motifs is 4. The van der Waals surface area contributed by atoms with Gasteiger partial charge in [-0.05, 0) is 49.2 Å². The van der Waals surface area contributed by atoms with Gasteiger partial charge in [-0.25, -0.2) is 0 Å². The molecular formula is C24H24ClN3O5. The third-order valence-electron chi connectivity index (χ3n) is 6.99. The van der Waals surface area contributed by atoms with Gasteiger partial charge in [0, 0.05) is 28.9 Å². The molecule has 2 unspecified atom stereocenters. The number of ether oxygens (including phenoxy) is 2. The van der Waals surface area contributed by atoms with E-state index in [0.29, 0.717) is 34.2 Å². The van der Waals surface area contributed by atoms with Crippen molar-refractivity contribution in [3.63, 3.8) is 0 Å². The van der Waals surface area contributed by atoms with Crippen molar-refractivity contribution in [2.45, 2.75) is 24.9 Å². The van der Waals surface area contributed by atoms with Crippen LogP contribution < -0.4 is 20.1 Å². The van der Waals surface area contributed by atoms with Gasteiger partial charge in [-0.15, -0.1) is 0 Å². The second kappa shape index (κ2) is 7.74. The number of benzene rings is 2. The highest BCUT2D eigenvalue weighted by Gasteiger charge is 2.69. The standard InChI is InChI=1S/C24H24ClN3O5/c1-12-19-20(24(27-12)15-11-14(25)5-6-16(15)26-23(24)31)22(30)28(21(19)29)9-8-13-4-7-17(32-2)18(10-13)33-3/h4-7,10-12,19-20,27H,8-9H2,1-3H3,(H,26,31)/t12?,19-,20+,24?/m1/s1. The highest BCUT2D eigenvalue weighted by atomic mass is 35.5. The number of nitrogens with zero attached hydrogens (tertiary/aromatic N) is 1. The summed E-state index contributed by atoms with van der Waals surface area (Å²) < 4.78 is 10.6. The molecule has 1 spiro atoms. The number of nitrogens with one attached hydrogen (secondary N) is 2. The van der Waals surface area contributed by atoms with Crippen LogP contribution in [0.1, 0.15) is 18.1 Å². The van der Waals surface area contributed by atoms with Gasteiger partial charge in [0.05, 0.1) is 26.1 Å². The fourth-order valence-corrected chi connectivity index (χ4v) is 5.66. The molecule has 2 aromatic rings. The van der Waals surface area contributed by atoms with Crippen LogP contribution in [0.2, 0.25) is 5.02 Å². The summed E-state index contributed by atoms with van der Waals surface area (Å²) in [4.78, 5) is 41.4. The van der Waals surface area contributed by atoms with Gasteiger partial charge in [0.25, 0.3) is 0 Å². The Bertz CT molecular complexity index is 1180. The van der Waals surface area contributed by atoms with E-state index in [0.717, 1.165) is 5.56 Å². The first-order valence-electron chi connectivity index (χ1n) is 10.8. The summed E-state index contributed by atoms with van der Waals surface area (Å²) in [7, 11) is 3.12. The molecule has 33 heavy (non-hydrogen) atoms. The fourth-order valence-electron chi connectivity index (χ4n) is 5.49. The van der Waals surface area contributed by atoms with Crippen molar-refractivity contribution >= 4 is 35.0 Å². The van der Waals surface area contributed by atoms with Gasteiger partial charge in [-0.3, -0.25) is 24.6 Å². The van der Waals surface area contributed by atoms with Crippen LogP contribution in [0.4, 0.5) is 5.69 Å². The van der Waals surface area contributed by atoms with Gasteiger partial charge in [0.2, 0.25) is 17.7 Å². The van der Waals surface area contributed by atoms with Crippen molar-refractivity contribution < 1.29 is 23.9 Å². The maximum atomic E-state index is 13.6. The molecule has 9 heteroatoms. The first kappa shape index (κ1) is 21.7. The van der Waals surface area contributed by atoms with E-state index in [4.69, 9.17) is 21.1 Å². The van der Waals surface area contributed by atoms with Crippen molar-refractivity contribution in [2.75, 3.05) is 26.1 Å². The van der Waals surface area contributed by atoms with E-state index in [1.54, 1.807) is 38.5 Å². The molecule has 5 rings (SSSR count). The van der Waals surface area contributed by atoms with Crippen LogP contribution in [0.5, 0.6) is 11.5 Å². The molecule has 0 radical (unpaired) electrons. The Balaban J connectivity index is 1.45. The Morgan fingerprint density at radius 3 is 2.52 bits per heavy atom. The third kappa shape index (κ3) is 3.04. The van der Waals surface area contributed by atoms with Crippen LogP contribution in [0.15, 0.2) is 36.4 Å². The molecule has 2 fully saturated rings. The monoisotopic (exact) mass is 469 g/mol. The SMILES string of the molecule is COc1ccc(CCN2C(=O)[C@@H]3C(C)NC4(C(=O)Nc5ccc(Cl)cc54)[C@@H]3C2=O)cc1OC. The number of halogens is 1. The van der Waals surface area contributed by atoms with Crippen LogP contribution in [-0.2, 0) is 26.3 Å². The summed E-state index contributed by atoms with van der Waals surface area (Å²) in [6, 6.07) is 10.3. The molecule has 0 bridgehead atoms. The van der Waals surface area contributed by atoms with Gasteiger partial charge in [-0.2, -0.15) is 0 Å². The lowest BCUT2D eigenvalue weighted by molar-refractivity contribution is -0.142. The molecule has 0 aliphatic carbocycles. The molecule has 3 amide bonds. The maximum Gasteiger partial charge on any atom is 0.250 e. The Morgan fingerprint density at radius 2 is 1.79 bits per heavy atom. The number of anilines is 1. The Labute approximate surface area is 196 Å². The average Bonchev–Trinajstić information content (AvgIpc) is 3.36. The minimum atomic E-state index is -1.31. The van der Waals surface area contributed by atoms with Crippen molar-refractivity contribution in [1.29, 1.82) is 0 Å². The molecule has 2 N–H and O–H groups in total. The summed E-state index contributed by atoms with van der Waals surface area (Å²) in [5, 5.41) is 6.59. The number of carbonyl (C=O) groups excluding carboxylic acids is 3. The largest absolute Gasteiger partial charge is 0.493 e. The fraction of sp³-hybridized carbons (Fsp3) is 0.375.